The first-order valence-electron chi connectivity index (χ1n) is 8.23. The monoisotopic (exact) mass is 404 g/mol. The molecule has 1 fully saturated rings. The van der Waals surface area contributed by atoms with Crippen LogP contribution in [0.1, 0.15) is 24.8 Å². The van der Waals surface area contributed by atoms with Gasteiger partial charge in [-0.1, -0.05) is 0 Å². The predicted octanol–water partition coefficient (Wildman–Crippen LogP) is 4.35. The van der Waals surface area contributed by atoms with E-state index in [0.29, 0.717) is 5.17 Å². The van der Waals surface area contributed by atoms with E-state index in [2.05, 4.69) is 14.5 Å². The number of aliphatic imine (C=N–C) groups is 1. The quantitative estimate of drug-likeness (QED) is 0.540. The van der Waals surface area contributed by atoms with Crippen LogP contribution in [-0.2, 0) is 4.79 Å². The van der Waals surface area contributed by atoms with Crippen molar-refractivity contribution < 1.29 is 31.8 Å². The summed E-state index contributed by atoms with van der Waals surface area (Å²) in [7, 11) is 0. The van der Waals surface area contributed by atoms with Crippen LogP contribution in [0.5, 0.6) is 11.5 Å². The zero-order valence-corrected chi connectivity index (χ0v) is 14.9. The number of nitrogens with zero attached hydrogens (tertiary/aromatic N) is 2. The summed E-state index contributed by atoms with van der Waals surface area (Å²) in [4.78, 5) is 18.4. The van der Waals surface area contributed by atoms with Crippen molar-refractivity contribution in [3.8, 4) is 11.5 Å². The van der Waals surface area contributed by atoms with E-state index in [9.17, 15) is 22.4 Å². The average molecular weight is 404 g/mol. The number of thioether (sulfide) groups is 1. The van der Waals surface area contributed by atoms with E-state index in [1.54, 1.807) is 0 Å². The van der Waals surface area contributed by atoms with Crippen molar-refractivity contribution in [1.82, 2.24) is 4.90 Å². The number of rotatable bonds is 5. The molecule has 0 aromatic heterocycles. The number of benzene rings is 1. The largest absolute Gasteiger partial charge is 0.435 e. The van der Waals surface area contributed by atoms with Gasteiger partial charge >= 0.3 is 13.2 Å². The second-order valence-corrected chi connectivity index (χ2v) is 6.82. The van der Waals surface area contributed by atoms with E-state index in [-0.39, 0.29) is 22.0 Å². The maximum atomic E-state index is 12.7. The Morgan fingerprint density at radius 1 is 1.07 bits per heavy atom. The Bertz CT molecular complexity index is 765. The van der Waals surface area contributed by atoms with E-state index in [4.69, 9.17) is 0 Å². The van der Waals surface area contributed by atoms with Crippen LogP contribution in [0, 0.1) is 0 Å². The van der Waals surface area contributed by atoms with Gasteiger partial charge in [0.25, 0.3) is 5.91 Å². The molecule has 2 aliphatic rings. The molecule has 0 N–H and O–H groups in total. The SMILES string of the molecule is O=C1N=C(N2CCCCC2)S/C1=C\c1ccc(OC(F)F)cc1OC(F)F. The number of carbonyl (C=O) groups is 1. The van der Waals surface area contributed by atoms with E-state index in [0.717, 1.165) is 50.2 Å². The lowest BCUT2D eigenvalue weighted by Crippen LogP contribution is -2.33. The van der Waals surface area contributed by atoms with Gasteiger partial charge in [0, 0.05) is 24.7 Å². The van der Waals surface area contributed by atoms with Crippen LogP contribution in [-0.4, -0.2) is 42.3 Å². The van der Waals surface area contributed by atoms with Crippen molar-refractivity contribution in [2.75, 3.05) is 13.1 Å². The Morgan fingerprint density at radius 2 is 1.78 bits per heavy atom. The Labute approximate surface area is 157 Å². The Balaban J connectivity index is 1.82. The molecule has 0 aliphatic carbocycles. The maximum absolute atomic E-state index is 12.7. The minimum atomic E-state index is -3.16. The Kier molecular flexibility index (Phi) is 6.25. The summed E-state index contributed by atoms with van der Waals surface area (Å²) < 4.78 is 58.5. The first kappa shape index (κ1) is 19.5. The van der Waals surface area contributed by atoms with Gasteiger partial charge in [-0.15, -0.1) is 0 Å². The highest BCUT2D eigenvalue weighted by Gasteiger charge is 2.27. The maximum Gasteiger partial charge on any atom is 0.387 e. The van der Waals surface area contributed by atoms with Crippen LogP contribution in [0.4, 0.5) is 17.6 Å². The summed E-state index contributed by atoms with van der Waals surface area (Å²) >= 11 is 1.16. The number of halogens is 4. The normalized spacial score (nSPS) is 19.2. The fraction of sp³-hybridized carbons (Fsp3) is 0.412. The molecular weight excluding hydrogens is 388 g/mol. The van der Waals surface area contributed by atoms with Gasteiger partial charge in [-0.25, -0.2) is 0 Å². The summed E-state index contributed by atoms with van der Waals surface area (Å²) in [5.41, 5.74) is 0.142. The summed E-state index contributed by atoms with van der Waals surface area (Å²) in [5.74, 6) is -1.16. The zero-order valence-electron chi connectivity index (χ0n) is 14.0. The van der Waals surface area contributed by atoms with E-state index in [1.807, 2.05) is 4.90 Å². The molecule has 27 heavy (non-hydrogen) atoms. The van der Waals surface area contributed by atoms with Gasteiger partial charge in [0.15, 0.2) is 5.17 Å². The molecule has 2 heterocycles. The summed E-state index contributed by atoms with van der Waals surface area (Å²) in [5, 5.41) is 0.583. The molecule has 146 valence electrons. The Morgan fingerprint density at radius 3 is 2.44 bits per heavy atom. The third-order valence-electron chi connectivity index (χ3n) is 3.95. The number of likely N-dealkylation sites (tertiary alicyclic amines) is 1. The fourth-order valence-electron chi connectivity index (χ4n) is 2.77. The first-order valence-corrected chi connectivity index (χ1v) is 9.05. The number of ether oxygens (including phenoxy) is 2. The van der Waals surface area contributed by atoms with Gasteiger partial charge < -0.3 is 14.4 Å². The molecule has 1 aromatic carbocycles. The van der Waals surface area contributed by atoms with Crippen LogP contribution in [0.2, 0.25) is 0 Å². The molecule has 0 radical (unpaired) electrons. The molecule has 1 amide bonds. The highest BCUT2D eigenvalue weighted by atomic mass is 32.2. The number of amides is 1. The molecular formula is C17H16F4N2O3S. The average Bonchev–Trinajstić information content (AvgIpc) is 2.98. The van der Waals surface area contributed by atoms with Crippen molar-refractivity contribution >= 4 is 28.9 Å². The summed E-state index contributed by atoms with van der Waals surface area (Å²) in [6.07, 6.45) is 4.53. The van der Waals surface area contributed by atoms with E-state index in [1.165, 1.54) is 18.2 Å². The van der Waals surface area contributed by atoms with Gasteiger partial charge in [0.05, 0.1) is 4.91 Å². The predicted molar refractivity (Wildman–Crippen MR) is 93.1 cm³/mol. The number of alkyl halides is 4. The van der Waals surface area contributed by atoms with Gasteiger partial charge in [-0.3, -0.25) is 4.79 Å². The standard InChI is InChI=1S/C17H16F4N2O3S/c18-15(19)25-11-5-4-10(12(9-11)26-16(20)21)8-13-14(24)22-17(27-13)23-6-2-1-3-7-23/h4-5,8-9,15-16H,1-3,6-7H2/b13-8-. The molecule has 2 aliphatic heterocycles. The summed E-state index contributed by atoms with van der Waals surface area (Å²) in [6, 6.07) is 3.39. The van der Waals surface area contributed by atoms with Crippen molar-refractivity contribution in [1.29, 1.82) is 0 Å². The van der Waals surface area contributed by atoms with Gasteiger partial charge in [-0.2, -0.15) is 22.6 Å². The molecule has 1 saturated heterocycles. The third-order valence-corrected chi connectivity index (χ3v) is 4.99. The molecule has 10 heteroatoms. The molecule has 0 bridgehead atoms. The number of hydrogen-bond acceptors (Lipinski definition) is 5. The minimum absolute atomic E-state index is 0.142. The van der Waals surface area contributed by atoms with Crippen LogP contribution in [0.3, 0.4) is 0 Å². The molecule has 3 rings (SSSR count). The number of carbonyl (C=O) groups excluding carboxylic acids is 1. The lowest BCUT2D eigenvalue weighted by atomic mass is 10.1. The smallest absolute Gasteiger partial charge is 0.387 e. The second kappa shape index (κ2) is 8.64. The third kappa shape index (κ3) is 5.15. The number of piperidine rings is 1. The van der Waals surface area contributed by atoms with Gasteiger partial charge in [0.2, 0.25) is 0 Å². The first-order chi connectivity index (χ1) is 12.9. The summed E-state index contributed by atoms with van der Waals surface area (Å²) in [6.45, 7) is -4.63. The number of hydrogen-bond donors (Lipinski definition) is 0. The van der Waals surface area contributed by atoms with Gasteiger partial charge in [0.1, 0.15) is 11.5 Å². The van der Waals surface area contributed by atoms with E-state index < -0.39 is 19.1 Å². The molecule has 0 saturated carbocycles. The van der Waals surface area contributed by atoms with Crippen LogP contribution >= 0.6 is 11.8 Å². The van der Waals surface area contributed by atoms with E-state index >= 15 is 0 Å². The Hall–Kier alpha value is -2.23. The molecule has 0 spiro atoms. The molecule has 5 nitrogen and oxygen atoms in total. The highest BCUT2D eigenvalue weighted by Crippen LogP contribution is 2.35. The minimum Gasteiger partial charge on any atom is -0.435 e. The molecule has 1 aromatic rings. The van der Waals surface area contributed by atoms with Crippen LogP contribution < -0.4 is 9.47 Å². The number of amidine groups is 1. The van der Waals surface area contributed by atoms with Crippen molar-refractivity contribution in [2.45, 2.75) is 32.5 Å². The highest BCUT2D eigenvalue weighted by molar-refractivity contribution is 8.18. The van der Waals surface area contributed by atoms with Crippen molar-refractivity contribution in [2.24, 2.45) is 4.99 Å². The lowest BCUT2D eigenvalue weighted by molar-refractivity contribution is -0.113. The zero-order chi connectivity index (χ0) is 19.4. The van der Waals surface area contributed by atoms with Crippen molar-refractivity contribution in [3.63, 3.8) is 0 Å². The second-order valence-electron chi connectivity index (χ2n) is 5.81. The lowest BCUT2D eigenvalue weighted by Gasteiger charge is -2.27. The van der Waals surface area contributed by atoms with Crippen molar-refractivity contribution in [3.05, 3.63) is 28.7 Å². The van der Waals surface area contributed by atoms with Crippen LogP contribution in [0.25, 0.3) is 6.08 Å². The fourth-order valence-corrected chi connectivity index (χ4v) is 3.72. The van der Waals surface area contributed by atoms with Crippen LogP contribution in [0.15, 0.2) is 28.1 Å². The topological polar surface area (TPSA) is 51.1 Å². The van der Waals surface area contributed by atoms with Gasteiger partial charge in [-0.05, 0) is 49.2 Å². The molecule has 0 atom stereocenters. The molecule has 0 unspecified atom stereocenters.